The maximum absolute atomic E-state index is 12.2. The lowest BCUT2D eigenvalue weighted by atomic mass is 9.93. The van der Waals surface area contributed by atoms with Crippen LogP contribution in [0.1, 0.15) is 27.4 Å². The third-order valence-electron chi connectivity index (χ3n) is 5.54. The molecule has 7 heteroatoms. The summed E-state index contributed by atoms with van der Waals surface area (Å²) in [6.45, 7) is 8.03. The first-order chi connectivity index (χ1) is 12.6. The van der Waals surface area contributed by atoms with E-state index in [1.807, 2.05) is 13.8 Å². The van der Waals surface area contributed by atoms with Gasteiger partial charge in [0, 0.05) is 61.5 Å². The van der Waals surface area contributed by atoms with Gasteiger partial charge in [-0.3, -0.25) is 14.7 Å². The summed E-state index contributed by atoms with van der Waals surface area (Å²) >= 11 is 0. The fourth-order valence-corrected chi connectivity index (χ4v) is 4.00. The van der Waals surface area contributed by atoms with Crippen LogP contribution in [0.2, 0.25) is 0 Å². The third kappa shape index (κ3) is 3.37. The van der Waals surface area contributed by atoms with Crippen molar-refractivity contribution in [3.8, 4) is 0 Å². The summed E-state index contributed by atoms with van der Waals surface area (Å²) in [4.78, 5) is 18.6. The van der Waals surface area contributed by atoms with Gasteiger partial charge in [-0.2, -0.15) is 0 Å². The minimum atomic E-state index is -0.0542. The van der Waals surface area contributed by atoms with Crippen molar-refractivity contribution in [2.75, 3.05) is 26.2 Å². The number of carbonyl (C=O) groups excluding carboxylic acids is 1. The van der Waals surface area contributed by atoms with Crippen LogP contribution in [0.4, 0.5) is 0 Å². The summed E-state index contributed by atoms with van der Waals surface area (Å²) in [6.07, 6.45) is 3.51. The minimum absolute atomic E-state index is 0.0542. The molecule has 0 saturated carbocycles. The molecule has 2 aliphatic rings. The predicted octanol–water partition coefficient (Wildman–Crippen LogP) is 1.56. The monoisotopic (exact) mass is 356 g/mol. The van der Waals surface area contributed by atoms with Crippen molar-refractivity contribution in [1.82, 2.24) is 20.4 Å². The summed E-state index contributed by atoms with van der Waals surface area (Å²) in [5, 5.41) is 7.08. The van der Waals surface area contributed by atoms with Crippen LogP contribution in [0.5, 0.6) is 0 Å². The van der Waals surface area contributed by atoms with Crippen LogP contribution in [0, 0.1) is 25.7 Å². The van der Waals surface area contributed by atoms with E-state index < -0.39 is 0 Å². The van der Waals surface area contributed by atoms with Crippen LogP contribution >= 0.6 is 0 Å². The number of ether oxygens (including phenoxy) is 1. The second kappa shape index (κ2) is 7.17. The number of fused-ring (bicyclic) bond motifs is 1. The predicted molar refractivity (Wildman–Crippen MR) is 94.5 cm³/mol. The van der Waals surface area contributed by atoms with Gasteiger partial charge in [0.25, 0.3) is 5.91 Å². The molecule has 1 N–H and O–H groups in total. The second-order valence-electron chi connectivity index (χ2n) is 7.24. The van der Waals surface area contributed by atoms with E-state index in [2.05, 4.69) is 20.4 Å². The number of aromatic nitrogens is 2. The van der Waals surface area contributed by atoms with E-state index in [9.17, 15) is 4.79 Å². The quantitative estimate of drug-likeness (QED) is 0.876. The number of hydrogen-bond acceptors (Lipinski definition) is 6. The molecule has 0 aliphatic carbocycles. The molecule has 0 radical (unpaired) electrons. The molecule has 2 aliphatic heterocycles. The SMILES string of the molecule is Cc1noc(C)c1CN1C[C@H]2[C@H](CNC(=O)c3ccncc3)CO[C@H]2C1. The minimum Gasteiger partial charge on any atom is -0.376 e. The van der Waals surface area contributed by atoms with Crippen LogP contribution in [0.3, 0.4) is 0 Å². The van der Waals surface area contributed by atoms with Crippen molar-refractivity contribution < 1.29 is 14.1 Å². The highest BCUT2D eigenvalue weighted by Crippen LogP contribution is 2.34. The zero-order valence-electron chi connectivity index (χ0n) is 15.1. The van der Waals surface area contributed by atoms with Gasteiger partial charge in [0.05, 0.1) is 18.4 Å². The van der Waals surface area contributed by atoms with Gasteiger partial charge in [0.1, 0.15) is 5.76 Å². The zero-order valence-corrected chi connectivity index (χ0v) is 15.1. The Bertz CT molecular complexity index is 757. The lowest BCUT2D eigenvalue weighted by Crippen LogP contribution is -2.34. The van der Waals surface area contributed by atoms with Crippen LogP contribution in [-0.2, 0) is 11.3 Å². The maximum Gasteiger partial charge on any atom is 0.251 e. The Labute approximate surface area is 152 Å². The number of carbonyl (C=O) groups is 1. The molecule has 4 heterocycles. The van der Waals surface area contributed by atoms with Crippen LogP contribution in [0.15, 0.2) is 29.0 Å². The van der Waals surface area contributed by atoms with E-state index in [0.29, 0.717) is 30.6 Å². The normalized spacial score (nSPS) is 25.4. The average molecular weight is 356 g/mol. The van der Waals surface area contributed by atoms with Gasteiger partial charge in [-0.05, 0) is 26.0 Å². The standard InChI is InChI=1S/C19H24N4O3/c1-12-16(13(2)26-22-12)8-23-9-17-15(11-25-18(17)10-23)7-21-19(24)14-3-5-20-6-4-14/h3-6,15,17-18H,7-11H2,1-2H3,(H,21,24)/t15-,17+,18+/m1/s1. The van der Waals surface area contributed by atoms with Gasteiger partial charge in [-0.25, -0.2) is 0 Å². The Hall–Kier alpha value is -2.25. The molecule has 0 spiro atoms. The molecule has 26 heavy (non-hydrogen) atoms. The van der Waals surface area contributed by atoms with Crippen LogP contribution in [-0.4, -0.2) is 53.3 Å². The van der Waals surface area contributed by atoms with E-state index in [0.717, 1.165) is 31.1 Å². The first-order valence-corrected chi connectivity index (χ1v) is 9.05. The molecule has 2 aromatic heterocycles. The van der Waals surface area contributed by atoms with E-state index in [4.69, 9.17) is 9.26 Å². The maximum atomic E-state index is 12.2. The summed E-state index contributed by atoms with van der Waals surface area (Å²) in [7, 11) is 0. The van der Waals surface area contributed by atoms with E-state index >= 15 is 0 Å². The molecule has 2 aromatic rings. The van der Waals surface area contributed by atoms with Gasteiger partial charge in [-0.1, -0.05) is 5.16 Å². The van der Waals surface area contributed by atoms with Crippen LogP contribution < -0.4 is 5.32 Å². The van der Waals surface area contributed by atoms with Gasteiger partial charge < -0.3 is 14.6 Å². The fraction of sp³-hybridized carbons (Fsp3) is 0.526. The molecule has 0 bridgehead atoms. The van der Waals surface area contributed by atoms with E-state index in [1.54, 1.807) is 24.5 Å². The first-order valence-electron chi connectivity index (χ1n) is 9.05. The lowest BCUT2D eigenvalue weighted by Gasteiger charge is -2.20. The number of nitrogens with one attached hydrogen (secondary N) is 1. The highest BCUT2D eigenvalue weighted by atomic mass is 16.5. The van der Waals surface area contributed by atoms with Gasteiger partial charge >= 0.3 is 0 Å². The molecular weight excluding hydrogens is 332 g/mol. The molecule has 0 unspecified atom stereocenters. The number of amides is 1. The Morgan fingerprint density at radius 3 is 2.85 bits per heavy atom. The number of nitrogens with zero attached hydrogens (tertiary/aromatic N) is 3. The fourth-order valence-electron chi connectivity index (χ4n) is 4.00. The van der Waals surface area contributed by atoms with Crippen molar-refractivity contribution in [2.45, 2.75) is 26.5 Å². The zero-order chi connectivity index (χ0) is 18.1. The lowest BCUT2D eigenvalue weighted by molar-refractivity contribution is 0.0903. The average Bonchev–Trinajstić information content (AvgIpc) is 3.31. The Kier molecular flexibility index (Phi) is 4.74. The first kappa shape index (κ1) is 17.2. The molecule has 138 valence electrons. The van der Waals surface area contributed by atoms with Gasteiger partial charge in [0.15, 0.2) is 0 Å². The summed E-state index contributed by atoms with van der Waals surface area (Å²) < 4.78 is 11.3. The Balaban J connectivity index is 1.33. The molecule has 7 nitrogen and oxygen atoms in total. The number of hydrogen-bond donors (Lipinski definition) is 1. The Morgan fingerprint density at radius 2 is 2.12 bits per heavy atom. The smallest absolute Gasteiger partial charge is 0.251 e. The van der Waals surface area contributed by atoms with Crippen molar-refractivity contribution in [3.05, 3.63) is 47.1 Å². The summed E-state index contributed by atoms with van der Waals surface area (Å²) in [5.74, 6) is 1.64. The number of pyridine rings is 1. The topological polar surface area (TPSA) is 80.5 Å². The highest BCUT2D eigenvalue weighted by molar-refractivity contribution is 5.93. The molecule has 3 atom stereocenters. The summed E-state index contributed by atoms with van der Waals surface area (Å²) in [5.41, 5.74) is 2.77. The van der Waals surface area contributed by atoms with Crippen molar-refractivity contribution in [2.24, 2.45) is 11.8 Å². The third-order valence-corrected chi connectivity index (χ3v) is 5.54. The van der Waals surface area contributed by atoms with Gasteiger partial charge in [-0.15, -0.1) is 0 Å². The second-order valence-corrected chi connectivity index (χ2v) is 7.24. The molecule has 4 rings (SSSR count). The largest absolute Gasteiger partial charge is 0.376 e. The molecule has 2 saturated heterocycles. The summed E-state index contributed by atoms with van der Waals surface area (Å²) in [6, 6.07) is 3.45. The van der Waals surface area contributed by atoms with Crippen molar-refractivity contribution in [3.63, 3.8) is 0 Å². The van der Waals surface area contributed by atoms with E-state index in [-0.39, 0.29) is 12.0 Å². The van der Waals surface area contributed by atoms with Gasteiger partial charge in [0.2, 0.25) is 0 Å². The molecule has 1 amide bonds. The van der Waals surface area contributed by atoms with E-state index in [1.165, 1.54) is 5.56 Å². The molecule has 0 aromatic carbocycles. The number of aryl methyl sites for hydroxylation is 2. The molecular formula is C19H24N4O3. The van der Waals surface area contributed by atoms with Crippen LogP contribution in [0.25, 0.3) is 0 Å². The molecule has 2 fully saturated rings. The number of likely N-dealkylation sites (tertiary alicyclic amines) is 1. The van der Waals surface area contributed by atoms with Crippen molar-refractivity contribution >= 4 is 5.91 Å². The highest BCUT2D eigenvalue weighted by Gasteiger charge is 2.43. The van der Waals surface area contributed by atoms with Crippen molar-refractivity contribution in [1.29, 1.82) is 0 Å². The number of rotatable bonds is 5. The Morgan fingerprint density at radius 1 is 1.31 bits per heavy atom.